The van der Waals surface area contributed by atoms with E-state index in [1.54, 1.807) is 25.1 Å². The predicted octanol–water partition coefficient (Wildman–Crippen LogP) is 3.27. The number of carboxylic acids is 1. The van der Waals surface area contributed by atoms with E-state index >= 15 is 0 Å². The molecular formula is C13H8BrN3O2S. The molecule has 100 valence electrons. The summed E-state index contributed by atoms with van der Waals surface area (Å²) in [5, 5.41) is 18.4. The molecule has 20 heavy (non-hydrogen) atoms. The Morgan fingerprint density at radius 3 is 2.80 bits per heavy atom. The van der Waals surface area contributed by atoms with Crippen molar-refractivity contribution in [1.29, 1.82) is 5.26 Å². The van der Waals surface area contributed by atoms with Crippen LogP contribution in [-0.2, 0) is 0 Å². The van der Waals surface area contributed by atoms with E-state index in [0.717, 1.165) is 0 Å². The second kappa shape index (κ2) is 6.03. The van der Waals surface area contributed by atoms with Crippen molar-refractivity contribution in [3.05, 3.63) is 45.7 Å². The summed E-state index contributed by atoms with van der Waals surface area (Å²) in [5.41, 5.74) is 1.15. The summed E-state index contributed by atoms with van der Waals surface area (Å²) in [6.45, 7) is 1.77. The Labute approximate surface area is 127 Å². The highest BCUT2D eigenvalue weighted by Crippen LogP contribution is 2.29. The van der Waals surface area contributed by atoms with Crippen molar-refractivity contribution >= 4 is 33.7 Å². The van der Waals surface area contributed by atoms with Crippen molar-refractivity contribution in [3.63, 3.8) is 0 Å². The second-order valence-electron chi connectivity index (χ2n) is 3.84. The lowest BCUT2D eigenvalue weighted by Gasteiger charge is -2.04. The number of carboxylic acid groups (broad SMARTS) is 1. The van der Waals surface area contributed by atoms with Crippen LogP contribution in [0, 0.1) is 18.3 Å². The summed E-state index contributed by atoms with van der Waals surface area (Å²) >= 11 is 4.40. The fourth-order valence-corrected chi connectivity index (χ4v) is 2.75. The number of aryl methyl sites for hydroxylation is 1. The van der Waals surface area contributed by atoms with Gasteiger partial charge in [0, 0.05) is 15.1 Å². The quantitative estimate of drug-likeness (QED) is 0.855. The minimum absolute atomic E-state index is 0.170. The SMILES string of the molecule is Cc1cc(C#N)nc(Sc2ccc(Br)c(C(=O)O)c2)n1. The number of carbonyl (C=O) groups is 1. The Morgan fingerprint density at radius 1 is 1.40 bits per heavy atom. The van der Waals surface area contributed by atoms with E-state index < -0.39 is 5.97 Å². The van der Waals surface area contributed by atoms with Gasteiger partial charge in [-0.15, -0.1) is 0 Å². The van der Waals surface area contributed by atoms with Gasteiger partial charge in [0.1, 0.15) is 11.8 Å². The summed E-state index contributed by atoms with van der Waals surface area (Å²) in [4.78, 5) is 20.1. The highest BCUT2D eigenvalue weighted by Gasteiger charge is 2.11. The first-order chi connectivity index (χ1) is 9.49. The Kier molecular flexibility index (Phi) is 4.37. The zero-order valence-electron chi connectivity index (χ0n) is 10.3. The van der Waals surface area contributed by atoms with Gasteiger partial charge in [-0.3, -0.25) is 0 Å². The fraction of sp³-hybridized carbons (Fsp3) is 0.0769. The van der Waals surface area contributed by atoms with Crippen LogP contribution in [0.5, 0.6) is 0 Å². The third kappa shape index (κ3) is 3.35. The minimum atomic E-state index is -1.01. The van der Waals surface area contributed by atoms with Crippen LogP contribution in [0.4, 0.5) is 0 Å². The van der Waals surface area contributed by atoms with E-state index in [0.29, 0.717) is 20.2 Å². The first-order valence-electron chi connectivity index (χ1n) is 5.46. The molecule has 1 N–H and O–H groups in total. The summed E-state index contributed by atoms with van der Waals surface area (Å²) in [6.07, 6.45) is 0. The van der Waals surface area contributed by atoms with Gasteiger partial charge in [-0.05, 0) is 58.9 Å². The number of aromatic carboxylic acids is 1. The highest BCUT2D eigenvalue weighted by atomic mass is 79.9. The van der Waals surface area contributed by atoms with E-state index in [2.05, 4.69) is 25.9 Å². The number of nitrogens with zero attached hydrogens (tertiary/aromatic N) is 3. The molecule has 0 amide bonds. The van der Waals surface area contributed by atoms with Gasteiger partial charge < -0.3 is 5.11 Å². The van der Waals surface area contributed by atoms with Crippen molar-refractivity contribution in [2.45, 2.75) is 17.0 Å². The molecule has 1 aromatic heterocycles. The van der Waals surface area contributed by atoms with Crippen LogP contribution >= 0.6 is 27.7 Å². The van der Waals surface area contributed by atoms with Crippen LogP contribution in [0.3, 0.4) is 0 Å². The van der Waals surface area contributed by atoms with Crippen molar-refractivity contribution < 1.29 is 9.90 Å². The van der Waals surface area contributed by atoms with Crippen molar-refractivity contribution in [2.75, 3.05) is 0 Å². The molecule has 0 radical (unpaired) electrons. The van der Waals surface area contributed by atoms with Crippen LogP contribution in [0.25, 0.3) is 0 Å². The third-order valence-electron chi connectivity index (χ3n) is 2.33. The number of nitriles is 1. The third-order valence-corrected chi connectivity index (χ3v) is 3.87. The predicted molar refractivity (Wildman–Crippen MR) is 76.7 cm³/mol. The molecule has 0 spiro atoms. The van der Waals surface area contributed by atoms with Crippen LogP contribution in [0.15, 0.2) is 38.8 Å². The first-order valence-corrected chi connectivity index (χ1v) is 7.07. The zero-order chi connectivity index (χ0) is 14.7. The average molecular weight is 350 g/mol. The molecule has 0 saturated carbocycles. The summed E-state index contributed by atoms with van der Waals surface area (Å²) in [6, 6.07) is 8.52. The van der Waals surface area contributed by atoms with Gasteiger partial charge in [0.05, 0.1) is 5.56 Å². The van der Waals surface area contributed by atoms with Crippen LogP contribution in [0.2, 0.25) is 0 Å². The Balaban J connectivity index is 2.35. The van der Waals surface area contributed by atoms with Crippen molar-refractivity contribution in [1.82, 2.24) is 9.97 Å². The standard InChI is InChI=1S/C13H8BrN3O2S/c1-7-4-8(6-15)17-13(16-7)20-9-2-3-11(14)10(5-9)12(18)19/h2-5H,1H3,(H,18,19). The molecule has 2 aromatic rings. The molecule has 1 aromatic carbocycles. The Bertz CT molecular complexity index is 728. The zero-order valence-corrected chi connectivity index (χ0v) is 12.7. The van der Waals surface area contributed by atoms with Gasteiger partial charge in [-0.1, -0.05) is 0 Å². The van der Waals surface area contributed by atoms with Gasteiger partial charge >= 0.3 is 5.97 Å². The van der Waals surface area contributed by atoms with Gasteiger partial charge in [0.2, 0.25) is 0 Å². The van der Waals surface area contributed by atoms with Gasteiger partial charge in [-0.25, -0.2) is 14.8 Å². The lowest BCUT2D eigenvalue weighted by molar-refractivity contribution is 0.0695. The van der Waals surface area contributed by atoms with E-state index in [1.165, 1.54) is 17.8 Å². The molecular weight excluding hydrogens is 342 g/mol. The van der Waals surface area contributed by atoms with Crippen LogP contribution in [0.1, 0.15) is 21.7 Å². The molecule has 5 nitrogen and oxygen atoms in total. The van der Waals surface area contributed by atoms with Crippen molar-refractivity contribution in [3.8, 4) is 6.07 Å². The van der Waals surface area contributed by atoms with E-state index in [9.17, 15) is 4.79 Å². The molecule has 0 aliphatic heterocycles. The second-order valence-corrected chi connectivity index (χ2v) is 5.73. The molecule has 0 bridgehead atoms. The van der Waals surface area contributed by atoms with Gasteiger partial charge in [0.15, 0.2) is 5.16 Å². The summed E-state index contributed by atoms with van der Waals surface area (Å²) < 4.78 is 0.511. The monoisotopic (exact) mass is 349 g/mol. The van der Waals surface area contributed by atoms with Crippen molar-refractivity contribution in [2.24, 2.45) is 0 Å². The fourth-order valence-electron chi connectivity index (χ4n) is 1.48. The van der Waals surface area contributed by atoms with Crippen LogP contribution in [-0.4, -0.2) is 21.0 Å². The average Bonchev–Trinajstić information content (AvgIpc) is 2.40. The molecule has 0 atom stereocenters. The molecule has 0 aliphatic rings. The largest absolute Gasteiger partial charge is 0.478 e. The maximum atomic E-state index is 11.1. The van der Waals surface area contributed by atoms with E-state index in [-0.39, 0.29) is 11.3 Å². The highest BCUT2D eigenvalue weighted by molar-refractivity contribution is 9.10. The molecule has 0 aliphatic carbocycles. The van der Waals surface area contributed by atoms with Gasteiger partial charge in [-0.2, -0.15) is 5.26 Å². The number of hydrogen-bond acceptors (Lipinski definition) is 5. The lowest BCUT2D eigenvalue weighted by Crippen LogP contribution is -1.98. The molecule has 1 heterocycles. The number of halogens is 1. The minimum Gasteiger partial charge on any atom is -0.478 e. The number of rotatable bonds is 3. The molecule has 0 saturated heterocycles. The Hall–Kier alpha value is -1.91. The lowest BCUT2D eigenvalue weighted by atomic mass is 10.2. The smallest absolute Gasteiger partial charge is 0.336 e. The molecule has 0 unspecified atom stereocenters. The molecule has 7 heteroatoms. The number of hydrogen-bond donors (Lipinski definition) is 1. The number of benzene rings is 1. The summed E-state index contributed by atoms with van der Waals surface area (Å²) in [5.74, 6) is -1.01. The van der Waals surface area contributed by atoms with Gasteiger partial charge in [0.25, 0.3) is 0 Å². The number of aromatic nitrogens is 2. The normalized spacial score (nSPS) is 10.1. The van der Waals surface area contributed by atoms with Crippen LogP contribution < -0.4 is 0 Å². The summed E-state index contributed by atoms with van der Waals surface area (Å²) in [7, 11) is 0. The van der Waals surface area contributed by atoms with E-state index in [1.807, 2.05) is 6.07 Å². The van der Waals surface area contributed by atoms with E-state index in [4.69, 9.17) is 10.4 Å². The first kappa shape index (κ1) is 14.5. The maximum absolute atomic E-state index is 11.1. The molecule has 2 rings (SSSR count). The maximum Gasteiger partial charge on any atom is 0.336 e. The topological polar surface area (TPSA) is 86.9 Å². The molecule has 0 fully saturated rings. The Morgan fingerprint density at radius 2 is 2.15 bits per heavy atom.